The van der Waals surface area contributed by atoms with Crippen LogP contribution in [0.25, 0.3) is 10.9 Å². The van der Waals surface area contributed by atoms with Gasteiger partial charge in [0, 0.05) is 29.7 Å². The molecular formula is C14H18ClN3O. The van der Waals surface area contributed by atoms with E-state index in [1.54, 1.807) is 0 Å². The lowest BCUT2D eigenvalue weighted by Gasteiger charge is -2.12. The number of halogens is 1. The summed E-state index contributed by atoms with van der Waals surface area (Å²) in [5, 5.41) is 7.66. The van der Waals surface area contributed by atoms with Gasteiger partial charge in [-0.25, -0.2) is 0 Å². The predicted molar refractivity (Wildman–Crippen MR) is 78.3 cm³/mol. The largest absolute Gasteiger partial charge is 0.356 e. The highest BCUT2D eigenvalue weighted by atomic mass is 35.5. The fraction of sp³-hybridized carbons (Fsp3) is 0.357. The van der Waals surface area contributed by atoms with Crippen LogP contribution in [0.1, 0.15) is 19.5 Å². The first kappa shape index (κ1) is 13.9. The van der Waals surface area contributed by atoms with Crippen molar-refractivity contribution in [3.8, 4) is 0 Å². The van der Waals surface area contributed by atoms with E-state index in [4.69, 9.17) is 11.6 Å². The summed E-state index contributed by atoms with van der Waals surface area (Å²) >= 11 is 6.31. The highest BCUT2D eigenvalue weighted by Gasteiger charge is 2.13. The minimum atomic E-state index is -0.248. The molecule has 19 heavy (non-hydrogen) atoms. The number of hydrogen-bond acceptors (Lipinski definition) is 2. The van der Waals surface area contributed by atoms with Gasteiger partial charge >= 0.3 is 0 Å². The number of carbonyl (C=O) groups excluding carboxylic acids is 1. The SMILES string of the molecule is CCNC(=O)C(C)NCc1[nH]c2ccccc2c1Cl. The average Bonchev–Trinajstić information content (AvgIpc) is 2.73. The lowest BCUT2D eigenvalue weighted by molar-refractivity contribution is -0.122. The number of benzene rings is 1. The number of fused-ring (bicyclic) bond motifs is 1. The van der Waals surface area contributed by atoms with Crippen LogP contribution in [-0.4, -0.2) is 23.5 Å². The van der Waals surface area contributed by atoms with Gasteiger partial charge in [0.25, 0.3) is 0 Å². The molecule has 102 valence electrons. The van der Waals surface area contributed by atoms with Crippen LogP contribution in [0.15, 0.2) is 24.3 Å². The van der Waals surface area contributed by atoms with E-state index in [1.807, 2.05) is 38.1 Å². The molecule has 0 saturated heterocycles. The van der Waals surface area contributed by atoms with Crippen LogP contribution in [0.3, 0.4) is 0 Å². The van der Waals surface area contributed by atoms with Gasteiger partial charge in [-0.2, -0.15) is 0 Å². The maximum absolute atomic E-state index is 11.6. The van der Waals surface area contributed by atoms with Crippen molar-refractivity contribution in [2.75, 3.05) is 6.54 Å². The van der Waals surface area contributed by atoms with Gasteiger partial charge in [-0.15, -0.1) is 0 Å². The number of likely N-dealkylation sites (N-methyl/N-ethyl adjacent to an activating group) is 1. The van der Waals surface area contributed by atoms with E-state index in [9.17, 15) is 4.79 Å². The Morgan fingerprint density at radius 3 is 2.84 bits per heavy atom. The molecule has 0 bridgehead atoms. The Morgan fingerprint density at radius 1 is 1.42 bits per heavy atom. The first-order valence-corrected chi connectivity index (χ1v) is 6.77. The first-order chi connectivity index (χ1) is 9.13. The molecule has 0 spiro atoms. The number of amides is 1. The summed E-state index contributed by atoms with van der Waals surface area (Å²) in [6, 6.07) is 7.63. The summed E-state index contributed by atoms with van der Waals surface area (Å²) in [7, 11) is 0. The number of carbonyl (C=O) groups is 1. The number of para-hydroxylation sites is 1. The van der Waals surface area contributed by atoms with E-state index in [1.165, 1.54) is 0 Å². The molecule has 0 radical (unpaired) electrons. The second-order valence-electron chi connectivity index (χ2n) is 4.46. The van der Waals surface area contributed by atoms with Crippen molar-refractivity contribution in [3.05, 3.63) is 35.0 Å². The zero-order valence-electron chi connectivity index (χ0n) is 11.1. The van der Waals surface area contributed by atoms with Gasteiger partial charge in [0.15, 0.2) is 0 Å². The third-order valence-electron chi connectivity index (χ3n) is 3.04. The number of aromatic amines is 1. The first-order valence-electron chi connectivity index (χ1n) is 6.39. The lowest BCUT2D eigenvalue weighted by Crippen LogP contribution is -2.41. The number of hydrogen-bond donors (Lipinski definition) is 3. The zero-order chi connectivity index (χ0) is 13.8. The third kappa shape index (κ3) is 3.08. The average molecular weight is 280 g/mol. The quantitative estimate of drug-likeness (QED) is 0.787. The van der Waals surface area contributed by atoms with E-state index in [-0.39, 0.29) is 11.9 Å². The van der Waals surface area contributed by atoms with E-state index in [2.05, 4.69) is 15.6 Å². The number of H-pyrrole nitrogens is 1. The maximum Gasteiger partial charge on any atom is 0.236 e. The molecule has 0 aliphatic carbocycles. The van der Waals surface area contributed by atoms with Crippen LogP contribution in [0.4, 0.5) is 0 Å². The van der Waals surface area contributed by atoms with E-state index in [0.29, 0.717) is 18.1 Å². The molecule has 1 heterocycles. The molecule has 0 fully saturated rings. The topological polar surface area (TPSA) is 56.9 Å². The van der Waals surface area contributed by atoms with Crippen LogP contribution in [-0.2, 0) is 11.3 Å². The predicted octanol–water partition coefficient (Wildman–Crippen LogP) is 2.44. The fourth-order valence-corrected chi connectivity index (χ4v) is 2.24. The molecule has 5 heteroatoms. The van der Waals surface area contributed by atoms with Gasteiger partial charge in [-0.05, 0) is 19.9 Å². The van der Waals surface area contributed by atoms with Gasteiger partial charge in [0.2, 0.25) is 5.91 Å². The summed E-state index contributed by atoms with van der Waals surface area (Å²) in [6.45, 7) is 4.91. The molecule has 0 aliphatic heterocycles. The molecule has 1 aromatic heterocycles. The minimum absolute atomic E-state index is 0.00488. The Labute approximate surface area is 117 Å². The highest BCUT2D eigenvalue weighted by Crippen LogP contribution is 2.26. The molecule has 0 saturated carbocycles. The van der Waals surface area contributed by atoms with E-state index in [0.717, 1.165) is 16.6 Å². The molecule has 1 unspecified atom stereocenters. The Hall–Kier alpha value is -1.52. The second kappa shape index (κ2) is 6.08. The highest BCUT2D eigenvalue weighted by molar-refractivity contribution is 6.36. The number of aromatic nitrogens is 1. The van der Waals surface area contributed by atoms with Crippen molar-refractivity contribution in [1.82, 2.24) is 15.6 Å². The summed E-state index contributed by atoms with van der Waals surface area (Å²) < 4.78 is 0. The monoisotopic (exact) mass is 279 g/mol. The maximum atomic E-state index is 11.6. The molecule has 0 aliphatic rings. The Kier molecular flexibility index (Phi) is 4.45. The van der Waals surface area contributed by atoms with Crippen molar-refractivity contribution in [2.24, 2.45) is 0 Å². The van der Waals surface area contributed by atoms with E-state index >= 15 is 0 Å². The third-order valence-corrected chi connectivity index (χ3v) is 3.48. The van der Waals surface area contributed by atoms with Crippen molar-refractivity contribution in [3.63, 3.8) is 0 Å². The molecule has 1 aromatic carbocycles. The Balaban J connectivity index is 2.06. The van der Waals surface area contributed by atoms with Crippen LogP contribution in [0.2, 0.25) is 5.02 Å². The van der Waals surface area contributed by atoms with Gasteiger partial charge in [0.1, 0.15) is 0 Å². The van der Waals surface area contributed by atoms with Crippen LogP contribution in [0.5, 0.6) is 0 Å². The fourth-order valence-electron chi connectivity index (χ4n) is 1.96. The van der Waals surface area contributed by atoms with Gasteiger partial charge in [-0.3, -0.25) is 4.79 Å². The number of rotatable bonds is 5. The van der Waals surface area contributed by atoms with Crippen LogP contribution < -0.4 is 10.6 Å². The molecule has 1 atom stereocenters. The van der Waals surface area contributed by atoms with Crippen LogP contribution in [0, 0.1) is 0 Å². The smallest absolute Gasteiger partial charge is 0.236 e. The molecule has 4 nitrogen and oxygen atoms in total. The Bertz CT molecular complexity index is 579. The summed E-state index contributed by atoms with van der Waals surface area (Å²) in [5.41, 5.74) is 1.91. The molecule has 3 N–H and O–H groups in total. The lowest BCUT2D eigenvalue weighted by atomic mass is 10.2. The second-order valence-corrected chi connectivity index (χ2v) is 4.84. The molecule has 2 aromatic rings. The van der Waals surface area contributed by atoms with Gasteiger partial charge in [0.05, 0.1) is 11.1 Å². The Morgan fingerprint density at radius 2 is 2.16 bits per heavy atom. The molecule has 1 amide bonds. The molecule has 2 rings (SSSR count). The standard InChI is InChI=1S/C14H18ClN3O/c1-3-16-14(19)9(2)17-8-12-13(15)10-6-4-5-7-11(10)18-12/h4-7,9,17-18H,3,8H2,1-2H3,(H,16,19). The normalized spacial score (nSPS) is 12.6. The van der Waals surface area contributed by atoms with Crippen molar-refractivity contribution in [1.29, 1.82) is 0 Å². The van der Waals surface area contributed by atoms with Gasteiger partial charge in [-0.1, -0.05) is 29.8 Å². The summed E-state index contributed by atoms with van der Waals surface area (Å²) in [4.78, 5) is 14.9. The summed E-state index contributed by atoms with van der Waals surface area (Å²) in [6.07, 6.45) is 0. The van der Waals surface area contributed by atoms with Crippen molar-refractivity contribution >= 4 is 28.4 Å². The number of nitrogens with one attached hydrogen (secondary N) is 3. The molecular weight excluding hydrogens is 262 g/mol. The van der Waals surface area contributed by atoms with Crippen molar-refractivity contribution in [2.45, 2.75) is 26.4 Å². The minimum Gasteiger partial charge on any atom is -0.356 e. The van der Waals surface area contributed by atoms with E-state index < -0.39 is 0 Å². The summed E-state index contributed by atoms with van der Waals surface area (Å²) in [5.74, 6) is -0.00488. The van der Waals surface area contributed by atoms with Gasteiger partial charge < -0.3 is 15.6 Å². The zero-order valence-corrected chi connectivity index (χ0v) is 11.8. The van der Waals surface area contributed by atoms with Crippen LogP contribution >= 0.6 is 11.6 Å². The van der Waals surface area contributed by atoms with Crippen molar-refractivity contribution < 1.29 is 4.79 Å².